The van der Waals surface area contributed by atoms with Gasteiger partial charge in [-0.15, -0.1) is 0 Å². The highest BCUT2D eigenvalue weighted by atomic mass is 35.5. The largest absolute Gasteiger partial charge is 0.508 e. The zero-order valence-electron chi connectivity index (χ0n) is 18.5. The van der Waals surface area contributed by atoms with E-state index in [2.05, 4.69) is 0 Å². The van der Waals surface area contributed by atoms with Gasteiger partial charge in [0.1, 0.15) is 30.2 Å². The Hall–Kier alpha value is -2.65. The Bertz CT molecular complexity index is 1370. The monoisotopic (exact) mass is 483 g/mol. The average Bonchev–Trinajstić information content (AvgIpc) is 3.15. The van der Waals surface area contributed by atoms with Crippen molar-refractivity contribution in [1.29, 1.82) is 0 Å². The summed E-state index contributed by atoms with van der Waals surface area (Å²) in [6.45, 7) is 1.41. The van der Waals surface area contributed by atoms with Crippen molar-refractivity contribution in [3.05, 3.63) is 76.4 Å². The molecule has 34 heavy (non-hydrogen) atoms. The maximum atomic E-state index is 10.7. The molecule has 0 aliphatic carbocycles. The number of halogens is 1. The van der Waals surface area contributed by atoms with E-state index in [1.54, 1.807) is 16.7 Å². The third kappa shape index (κ3) is 3.94. The van der Waals surface area contributed by atoms with Crippen molar-refractivity contribution in [2.75, 3.05) is 6.61 Å². The van der Waals surface area contributed by atoms with Crippen LogP contribution in [0, 0.1) is 6.92 Å². The Balaban J connectivity index is 1.60. The first kappa shape index (κ1) is 23.1. The minimum absolute atomic E-state index is 0.213. The number of phenols is 1. The first-order valence-corrected chi connectivity index (χ1v) is 11.5. The lowest BCUT2D eigenvalue weighted by Crippen LogP contribution is -2.56. The molecule has 5 rings (SSSR count). The summed E-state index contributed by atoms with van der Waals surface area (Å²) in [5.41, 5.74) is 3.56. The molecule has 1 aromatic heterocycles. The van der Waals surface area contributed by atoms with Crippen molar-refractivity contribution in [2.45, 2.75) is 44.0 Å². The van der Waals surface area contributed by atoms with Crippen LogP contribution in [0.2, 0.25) is 5.02 Å². The molecular formula is C26H26ClNO6. The van der Waals surface area contributed by atoms with Crippen LogP contribution in [0.3, 0.4) is 0 Å². The number of aliphatic hydroxyl groups is 4. The van der Waals surface area contributed by atoms with E-state index in [9.17, 15) is 25.5 Å². The first-order chi connectivity index (χ1) is 16.3. The molecule has 1 saturated heterocycles. The number of aryl methyl sites for hydroxylation is 1. The lowest BCUT2D eigenvalue weighted by atomic mass is 9.98. The van der Waals surface area contributed by atoms with Crippen LogP contribution in [-0.2, 0) is 11.2 Å². The van der Waals surface area contributed by atoms with E-state index in [-0.39, 0.29) is 5.75 Å². The first-order valence-electron chi connectivity index (χ1n) is 11.1. The summed E-state index contributed by atoms with van der Waals surface area (Å²) < 4.78 is 7.54. The van der Waals surface area contributed by atoms with E-state index in [4.69, 9.17) is 16.3 Å². The van der Waals surface area contributed by atoms with Gasteiger partial charge in [-0.05, 0) is 65.1 Å². The summed E-state index contributed by atoms with van der Waals surface area (Å²) >= 11 is 6.67. The molecule has 7 nitrogen and oxygen atoms in total. The van der Waals surface area contributed by atoms with Crippen LogP contribution in [0.5, 0.6) is 5.75 Å². The van der Waals surface area contributed by atoms with Gasteiger partial charge < -0.3 is 34.8 Å². The van der Waals surface area contributed by atoms with Gasteiger partial charge in [-0.1, -0.05) is 35.9 Å². The quantitative estimate of drug-likeness (QED) is 0.305. The number of benzene rings is 3. The van der Waals surface area contributed by atoms with Crippen LogP contribution in [-0.4, -0.2) is 61.1 Å². The second-order valence-corrected chi connectivity index (χ2v) is 9.37. The fraction of sp³-hybridized carbons (Fsp3) is 0.308. The fourth-order valence-corrected chi connectivity index (χ4v) is 5.21. The summed E-state index contributed by atoms with van der Waals surface area (Å²) in [5, 5.41) is 53.9. The highest BCUT2D eigenvalue weighted by Gasteiger charge is 2.44. The van der Waals surface area contributed by atoms with Gasteiger partial charge in [-0.25, -0.2) is 0 Å². The van der Waals surface area contributed by atoms with Gasteiger partial charge in [-0.3, -0.25) is 0 Å². The molecule has 2 heterocycles. The molecule has 0 unspecified atom stereocenters. The highest BCUT2D eigenvalue weighted by Crippen LogP contribution is 2.37. The Morgan fingerprint density at radius 3 is 2.44 bits per heavy atom. The molecule has 1 aliphatic rings. The standard InChI is InChI=1S/C26H26ClNO6/c1-13-6-19(27)22-17(9-14-2-3-16-10-18(30)5-4-15(16)8-14)11-28(20(22)7-13)26-25(33)24(32)23(31)21(12-29)34-26/h2-8,10-11,21,23-26,29-33H,9,12H2,1H3/t21-,23-,24+,25-,26-/m1/s1. The van der Waals surface area contributed by atoms with Gasteiger partial charge in [0.25, 0.3) is 0 Å². The molecule has 1 fully saturated rings. The molecule has 8 heteroatoms. The van der Waals surface area contributed by atoms with Crippen molar-refractivity contribution in [3.8, 4) is 5.75 Å². The molecule has 178 valence electrons. The molecule has 0 radical (unpaired) electrons. The van der Waals surface area contributed by atoms with E-state index >= 15 is 0 Å². The number of hydrogen-bond acceptors (Lipinski definition) is 6. The van der Waals surface area contributed by atoms with E-state index in [0.717, 1.165) is 38.4 Å². The molecule has 5 N–H and O–H groups in total. The summed E-state index contributed by atoms with van der Waals surface area (Å²) in [7, 11) is 0. The number of aromatic nitrogens is 1. The van der Waals surface area contributed by atoms with Gasteiger partial charge in [0.15, 0.2) is 6.23 Å². The summed E-state index contributed by atoms with van der Waals surface area (Å²) in [4.78, 5) is 0. The zero-order chi connectivity index (χ0) is 24.1. The summed E-state index contributed by atoms with van der Waals surface area (Å²) in [6.07, 6.45) is -3.97. The second-order valence-electron chi connectivity index (χ2n) is 8.96. The Labute approximate surface area is 201 Å². The van der Waals surface area contributed by atoms with Crippen LogP contribution in [0.4, 0.5) is 0 Å². The minimum Gasteiger partial charge on any atom is -0.508 e. The van der Waals surface area contributed by atoms with Crippen molar-refractivity contribution < 1.29 is 30.3 Å². The van der Waals surface area contributed by atoms with Crippen molar-refractivity contribution in [2.24, 2.45) is 0 Å². The number of ether oxygens (including phenoxy) is 1. The van der Waals surface area contributed by atoms with Crippen LogP contribution >= 0.6 is 11.6 Å². The number of rotatable bonds is 4. The predicted molar refractivity (Wildman–Crippen MR) is 129 cm³/mol. The molecular weight excluding hydrogens is 458 g/mol. The zero-order valence-corrected chi connectivity index (χ0v) is 19.2. The molecule has 0 amide bonds. The van der Waals surface area contributed by atoms with E-state index in [1.165, 1.54) is 0 Å². The fourth-order valence-electron chi connectivity index (χ4n) is 4.82. The topological polar surface area (TPSA) is 115 Å². The molecule has 1 aliphatic heterocycles. The second kappa shape index (κ2) is 8.85. The number of fused-ring (bicyclic) bond motifs is 2. The third-order valence-corrected chi connectivity index (χ3v) is 6.83. The van der Waals surface area contributed by atoms with E-state index in [0.29, 0.717) is 11.4 Å². The van der Waals surface area contributed by atoms with Crippen molar-refractivity contribution in [1.82, 2.24) is 4.57 Å². The van der Waals surface area contributed by atoms with Gasteiger partial charge in [0.2, 0.25) is 0 Å². The summed E-state index contributed by atoms with van der Waals surface area (Å²) in [5.74, 6) is 0.213. The molecule has 0 saturated carbocycles. The van der Waals surface area contributed by atoms with Gasteiger partial charge >= 0.3 is 0 Å². The lowest BCUT2D eigenvalue weighted by Gasteiger charge is -2.40. The van der Waals surface area contributed by atoms with Crippen LogP contribution < -0.4 is 0 Å². The number of aromatic hydroxyl groups is 1. The minimum atomic E-state index is -1.48. The Kier molecular flexibility index (Phi) is 6.02. The van der Waals surface area contributed by atoms with Crippen LogP contribution in [0.15, 0.2) is 54.7 Å². The molecule has 0 spiro atoms. The number of phenolic OH excluding ortho intramolecular Hbond substituents is 1. The van der Waals surface area contributed by atoms with E-state index in [1.807, 2.05) is 49.5 Å². The maximum Gasteiger partial charge on any atom is 0.163 e. The molecule has 5 atom stereocenters. The SMILES string of the molecule is Cc1cc(Cl)c2c(Cc3ccc4cc(O)ccc4c3)cn([C@@H]3O[C@H](CO)[C@@H](O)[C@H](O)[C@H]3O)c2c1. The van der Waals surface area contributed by atoms with E-state index < -0.39 is 37.3 Å². The normalized spacial score (nSPS) is 25.3. The third-order valence-electron chi connectivity index (χ3n) is 6.53. The maximum absolute atomic E-state index is 10.7. The molecule has 3 aromatic carbocycles. The van der Waals surface area contributed by atoms with Crippen LogP contribution in [0.1, 0.15) is 22.9 Å². The Morgan fingerprint density at radius 2 is 1.68 bits per heavy atom. The van der Waals surface area contributed by atoms with Gasteiger partial charge in [-0.2, -0.15) is 0 Å². The smallest absolute Gasteiger partial charge is 0.163 e. The highest BCUT2D eigenvalue weighted by molar-refractivity contribution is 6.35. The predicted octanol–water partition coefficient (Wildman–Crippen LogP) is 3.03. The average molecular weight is 484 g/mol. The summed E-state index contributed by atoms with van der Waals surface area (Å²) in [6, 6.07) is 15.0. The van der Waals surface area contributed by atoms with Gasteiger partial charge in [0.05, 0.1) is 17.1 Å². The number of hydrogen-bond donors (Lipinski definition) is 5. The lowest BCUT2D eigenvalue weighted by molar-refractivity contribution is -0.250. The van der Waals surface area contributed by atoms with Crippen molar-refractivity contribution >= 4 is 33.3 Å². The number of aliphatic hydroxyl groups excluding tert-OH is 4. The van der Waals surface area contributed by atoms with Gasteiger partial charge in [0, 0.05) is 11.6 Å². The van der Waals surface area contributed by atoms with Crippen molar-refractivity contribution in [3.63, 3.8) is 0 Å². The molecule has 0 bridgehead atoms. The Morgan fingerprint density at radius 1 is 0.941 bits per heavy atom. The molecule has 4 aromatic rings. The van der Waals surface area contributed by atoms with Crippen LogP contribution in [0.25, 0.3) is 21.7 Å². The number of nitrogens with zero attached hydrogens (tertiary/aromatic N) is 1.